The highest BCUT2D eigenvalue weighted by molar-refractivity contribution is 5.79. The van der Waals surface area contributed by atoms with Gasteiger partial charge in [-0.1, -0.05) is 0 Å². The fraction of sp³-hybridized carbons (Fsp3) is 0.750. The molecule has 3 nitrogen and oxygen atoms in total. The van der Waals surface area contributed by atoms with E-state index in [2.05, 4.69) is 0 Å². The molecule has 0 bridgehead atoms. The van der Waals surface area contributed by atoms with Gasteiger partial charge in [-0.2, -0.15) is 26.3 Å². The number of rotatable bonds is 1. The fourth-order valence-electron chi connectivity index (χ4n) is 0.418. The molecule has 2 N–H and O–H groups in total. The molecule has 0 saturated heterocycles. The highest BCUT2D eigenvalue weighted by Gasteiger charge is 2.71. The Morgan fingerprint density at radius 1 is 1.00 bits per heavy atom. The molecule has 0 rings (SSSR count). The third kappa shape index (κ3) is 1.69. The van der Waals surface area contributed by atoms with E-state index in [0.717, 1.165) is 0 Å². The maximum atomic E-state index is 11.5. The van der Waals surface area contributed by atoms with Crippen molar-refractivity contribution in [3.05, 3.63) is 0 Å². The van der Waals surface area contributed by atoms with Gasteiger partial charge in [-0.25, -0.2) is 0 Å². The normalized spacial score (nSPS) is 14.4. The van der Waals surface area contributed by atoms with Gasteiger partial charge >= 0.3 is 18.3 Å². The van der Waals surface area contributed by atoms with E-state index in [-0.39, 0.29) is 0 Å². The van der Waals surface area contributed by atoms with Crippen molar-refractivity contribution in [3.63, 3.8) is 0 Å². The summed E-state index contributed by atoms with van der Waals surface area (Å²) in [6.45, 7) is 0. The van der Waals surface area contributed by atoms with Gasteiger partial charge in [0.2, 0.25) is 5.60 Å². The van der Waals surface area contributed by atoms with Crippen molar-refractivity contribution in [2.45, 2.75) is 18.0 Å². The van der Waals surface area contributed by atoms with Crippen LogP contribution in [0.25, 0.3) is 0 Å². The molecular formula is C4H2F6O3. The van der Waals surface area contributed by atoms with Crippen LogP contribution in [0.5, 0.6) is 0 Å². The van der Waals surface area contributed by atoms with Crippen LogP contribution in [-0.4, -0.2) is 29.0 Å². The van der Waals surface area contributed by atoms with Crippen LogP contribution in [0.1, 0.15) is 0 Å². The third-order valence-electron chi connectivity index (χ3n) is 1.12. The van der Waals surface area contributed by atoms with Crippen LogP contribution in [0, 0.1) is 0 Å². The van der Waals surface area contributed by atoms with Gasteiger partial charge < -0.3 is 10.2 Å². The van der Waals surface area contributed by atoms with E-state index in [1.807, 2.05) is 0 Å². The lowest BCUT2D eigenvalue weighted by molar-refractivity contribution is -0.574. The molecule has 78 valence electrons. The summed E-state index contributed by atoms with van der Waals surface area (Å²) < 4.78 is 68.9. The quantitative estimate of drug-likeness (QED) is 0.433. The van der Waals surface area contributed by atoms with Gasteiger partial charge in [-0.05, 0) is 0 Å². The van der Waals surface area contributed by atoms with E-state index < -0.39 is 23.9 Å². The summed E-state index contributed by atoms with van der Waals surface area (Å²) in [5, 5.41) is 15.7. The SMILES string of the molecule is O=C([OH2+])C([O-])(C(F)(F)F)C(F)(F)F. The summed E-state index contributed by atoms with van der Waals surface area (Å²) in [7, 11) is 0. The van der Waals surface area contributed by atoms with Crippen molar-refractivity contribution in [2.24, 2.45) is 0 Å². The van der Waals surface area contributed by atoms with Crippen LogP contribution in [-0.2, 0) is 4.79 Å². The summed E-state index contributed by atoms with van der Waals surface area (Å²) in [6.07, 6.45) is -12.7. The lowest BCUT2D eigenvalue weighted by Crippen LogP contribution is -2.71. The van der Waals surface area contributed by atoms with Crippen molar-refractivity contribution in [2.75, 3.05) is 0 Å². The largest absolute Gasteiger partial charge is 0.823 e. The standard InChI is InChI=1S/C4HF6O3/c5-3(6,7)2(13,1(11)12)4(8,9)10/h(H,11,12)/q-1/p+1. The average molecular weight is 212 g/mol. The summed E-state index contributed by atoms with van der Waals surface area (Å²) in [4.78, 5) is 9.67. The first kappa shape index (κ1) is 12.0. The molecule has 0 aliphatic heterocycles. The molecule has 0 aliphatic rings. The fourth-order valence-corrected chi connectivity index (χ4v) is 0.418. The van der Waals surface area contributed by atoms with Crippen molar-refractivity contribution in [1.82, 2.24) is 0 Å². The van der Waals surface area contributed by atoms with Gasteiger partial charge in [-0.15, -0.1) is 0 Å². The van der Waals surface area contributed by atoms with Gasteiger partial charge in [0.25, 0.3) is 0 Å². The summed E-state index contributed by atoms with van der Waals surface area (Å²) in [6, 6.07) is 0. The summed E-state index contributed by atoms with van der Waals surface area (Å²) in [5.74, 6) is -3.27. The second kappa shape index (κ2) is 2.76. The Morgan fingerprint density at radius 3 is 1.23 bits per heavy atom. The molecule has 0 radical (unpaired) electrons. The molecule has 0 aromatic heterocycles. The maximum absolute atomic E-state index is 11.5. The second-order valence-electron chi connectivity index (χ2n) is 2.01. The first-order valence-corrected chi connectivity index (χ1v) is 2.54. The Balaban J connectivity index is 5.35. The highest BCUT2D eigenvalue weighted by Crippen LogP contribution is 2.40. The van der Waals surface area contributed by atoms with Crippen LogP contribution in [0.15, 0.2) is 0 Å². The number of alkyl halides is 6. The minimum atomic E-state index is -6.36. The molecule has 0 aromatic carbocycles. The monoisotopic (exact) mass is 212 g/mol. The molecule has 0 aliphatic carbocycles. The maximum Gasteiger partial charge on any atom is 0.524 e. The Labute approximate surface area is 66.6 Å². The van der Waals surface area contributed by atoms with Crippen molar-refractivity contribution < 1.29 is 41.4 Å². The molecule has 0 amide bonds. The summed E-state index contributed by atoms with van der Waals surface area (Å²) >= 11 is 0. The first-order chi connectivity index (χ1) is 5.44. The van der Waals surface area contributed by atoms with E-state index in [4.69, 9.17) is 5.11 Å². The van der Waals surface area contributed by atoms with E-state index in [0.29, 0.717) is 0 Å². The molecule has 13 heavy (non-hydrogen) atoms. The van der Waals surface area contributed by atoms with Crippen LogP contribution < -0.4 is 5.11 Å². The Hall–Kier alpha value is -0.990. The van der Waals surface area contributed by atoms with E-state index in [1.165, 1.54) is 0 Å². The zero-order valence-corrected chi connectivity index (χ0v) is 5.58. The second-order valence-corrected chi connectivity index (χ2v) is 2.01. The van der Waals surface area contributed by atoms with Gasteiger partial charge in [0.1, 0.15) is 0 Å². The zero-order valence-electron chi connectivity index (χ0n) is 5.58. The minimum absolute atomic E-state index is 3.27. The number of hydrogen-bond donors (Lipinski definition) is 0. The van der Waals surface area contributed by atoms with Crippen LogP contribution >= 0.6 is 0 Å². The molecule has 0 unspecified atom stereocenters. The number of halogens is 6. The van der Waals surface area contributed by atoms with E-state index in [9.17, 15) is 36.2 Å². The first-order valence-electron chi connectivity index (χ1n) is 2.54. The Bertz CT molecular complexity index is 201. The molecule has 0 saturated carbocycles. The Kier molecular flexibility index (Phi) is 2.55. The van der Waals surface area contributed by atoms with Crippen molar-refractivity contribution >= 4 is 5.97 Å². The lowest BCUT2D eigenvalue weighted by Gasteiger charge is -2.34. The number of carbonyl (C=O) groups excluding carboxylic acids is 1. The highest BCUT2D eigenvalue weighted by atomic mass is 19.4. The molecular weight excluding hydrogens is 210 g/mol. The predicted octanol–water partition coefficient (Wildman–Crippen LogP) is -0.539. The topological polar surface area (TPSA) is 63.0 Å². The van der Waals surface area contributed by atoms with Crippen molar-refractivity contribution in [1.29, 1.82) is 0 Å². The lowest BCUT2D eigenvalue weighted by atomic mass is 10.0. The Morgan fingerprint density at radius 2 is 1.23 bits per heavy atom. The number of carbonyl (C=O) groups is 1. The van der Waals surface area contributed by atoms with Gasteiger partial charge in [0, 0.05) is 4.79 Å². The zero-order chi connectivity index (χ0) is 11.1. The smallest absolute Gasteiger partial charge is 0.524 e. The van der Waals surface area contributed by atoms with Crippen LogP contribution in [0.3, 0.4) is 0 Å². The molecule has 9 heteroatoms. The molecule has 0 aromatic rings. The molecule has 0 spiro atoms. The van der Waals surface area contributed by atoms with Crippen LogP contribution in [0.2, 0.25) is 0 Å². The van der Waals surface area contributed by atoms with E-state index in [1.54, 1.807) is 0 Å². The molecule has 0 fully saturated rings. The van der Waals surface area contributed by atoms with Gasteiger partial charge in [0.05, 0.1) is 0 Å². The average Bonchev–Trinajstić information content (AvgIpc) is 1.80. The predicted molar refractivity (Wildman–Crippen MR) is 23.5 cm³/mol. The van der Waals surface area contributed by atoms with E-state index >= 15 is 0 Å². The van der Waals surface area contributed by atoms with Gasteiger partial charge in [-0.3, -0.25) is 0 Å². The molecule has 0 atom stereocenters. The van der Waals surface area contributed by atoms with Gasteiger partial charge in [0.15, 0.2) is 0 Å². The minimum Gasteiger partial charge on any atom is -0.823 e. The van der Waals surface area contributed by atoms with Crippen molar-refractivity contribution in [3.8, 4) is 0 Å². The number of hydrogen-bond acceptors (Lipinski definition) is 2. The molecule has 0 heterocycles. The van der Waals surface area contributed by atoms with Crippen LogP contribution in [0.4, 0.5) is 26.3 Å². The third-order valence-corrected chi connectivity index (χ3v) is 1.12. The summed E-state index contributed by atoms with van der Waals surface area (Å²) in [5.41, 5.74) is -5.85.